The first kappa shape index (κ1) is 15.3. The Kier molecular flexibility index (Phi) is 4.12. The molecular formula is C15H24N2O2S. The summed E-state index contributed by atoms with van der Waals surface area (Å²) >= 11 is 0. The summed E-state index contributed by atoms with van der Waals surface area (Å²) in [6, 6.07) is 3.59. The number of nitrogens with zero attached hydrogens (tertiary/aromatic N) is 1. The lowest BCUT2D eigenvalue weighted by Crippen LogP contribution is -2.46. The summed E-state index contributed by atoms with van der Waals surface area (Å²) in [5.74, 6) is 0.389. The van der Waals surface area contributed by atoms with Gasteiger partial charge in [-0.05, 0) is 56.7 Å². The number of piperidine rings is 1. The lowest BCUT2D eigenvalue weighted by Gasteiger charge is -2.37. The number of aryl methyl sites for hydroxylation is 1. The molecule has 0 radical (unpaired) electrons. The fourth-order valence-electron chi connectivity index (χ4n) is 2.99. The van der Waals surface area contributed by atoms with E-state index in [1.807, 2.05) is 13.8 Å². The van der Waals surface area contributed by atoms with E-state index in [0.29, 0.717) is 28.6 Å². The van der Waals surface area contributed by atoms with E-state index in [0.717, 1.165) is 18.4 Å². The van der Waals surface area contributed by atoms with E-state index in [2.05, 4.69) is 6.92 Å². The number of rotatable bonds is 2. The summed E-state index contributed by atoms with van der Waals surface area (Å²) in [4.78, 5) is 0.387. The maximum atomic E-state index is 13.0. The van der Waals surface area contributed by atoms with Gasteiger partial charge in [0.1, 0.15) is 0 Å². The number of hydrogen-bond acceptors (Lipinski definition) is 3. The van der Waals surface area contributed by atoms with Gasteiger partial charge in [0.2, 0.25) is 10.0 Å². The monoisotopic (exact) mass is 296 g/mol. The van der Waals surface area contributed by atoms with E-state index >= 15 is 0 Å². The van der Waals surface area contributed by atoms with Crippen molar-refractivity contribution in [3.63, 3.8) is 0 Å². The molecule has 1 fully saturated rings. The van der Waals surface area contributed by atoms with Crippen LogP contribution in [-0.2, 0) is 10.0 Å². The average Bonchev–Trinajstić information content (AvgIpc) is 2.37. The van der Waals surface area contributed by atoms with E-state index < -0.39 is 10.0 Å². The van der Waals surface area contributed by atoms with Crippen LogP contribution in [0.2, 0.25) is 0 Å². The molecule has 2 rings (SSSR count). The Morgan fingerprint density at radius 2 is 1.90 bits per heavy atom. The van der Waals surface area contributed by atoms with Gasteiger partial charge in [0.15, 0.2) is 0 Å². The van der Waals surface area contributed by atoms with Gasteiger partial charge in [0.25, 0.3) is 0 Å². The van der Waals surface area contributed by atoms with Gasteiger partial charge in [-0.3, -0.25) is 0 Å². The fraction of sp³-hybridized carbons (Fsp3) is 0.600. The van der Waals surface area contributed by atoms with Crippen LogP contribution in [-0.4, -0.2) is 25.3 Å². The van der Waals surface area contributed by atoms with Crippen LogP contribution in [0.25, 0.3) is 0 Å². The summed E-state index contributed by atoms with van der Waals surface area (Å²) in [6.07, 6.45) is 2.01. The minimum absolute atomic E-state index is 0.0361. The highest BCUT2D eigenvalue weighted by Crippen LogP contribution is 2.33. The van der Waals surface area contributed by atoms with Crippen molar-refractivity contribution >= 4 is 15.7 Å². The van der Waals surface area contributed by atoms with Gasteiger partial charge in [0, 0.05) is 18.3 Å². The molecule has 0 amide bonds. The molecule has 0 bridgehead atoms. The first-order chi connectivity index (χ1) is 9.26. The molecular weight excluding hydrogens is 272 g/mol. The molecule has 1 heterocycles. The highest BCUT2D eigenvalue weighted by Gasteiger charge is 2.36. The van der Waals surface area contributed by atoms with Gasteiger partial charge < -0.3 is 5.73 Å². The Morgan fingerprint density at radius 1 is 1.25 bits per heavy atom. The van der Waals surface area contributed by atoms with Crippen molar-refractivity contribution in [1.82, 2.24) is 4.31 Å². The molecule has 1 aliphatic rings. The Balaban J connectivity index is 2.53. The highest BCUT2D eigenvalue weighted by atomic mass is 32.2. The number of nitrogen functional groups attached to an aromatic ring is 1. The zero-order chi connectivity index (χ0) is 15.1. The van der Waals surface area contributed by atoms with Crippen LogP contribution in [0, 0.1) is 19.8 Å². The van der Waals surface area contributed by atoms with Gasteiger partial charge >= 0.3 is 0 Å². The predicted octanol–water partition coefficient (Wildman–Crippen LogP) is 2.69. The second-order valence-corrected chi connectivity index (χ2v) is 7.73. The van der Waals surface area contributed by atoms with Crippen LogP contribution in [0.4, 0.5) is 5.69 Å². The maximum absolute atomic E-state index is 13.0. The molecule has 0 aromatic heterocycles. The predicted molar refractivity (Wildman–Crippen MR) is 82.1 cm³/mol. The zero-order valence-electron chi connectivity index (χ0n) is 12.7. The van der Waals surface area contributed by atoms with Crippen molar-refractivity contribution in [2.24, 2.45) is 5.92 Å². The van der Waals surface area contributed by atoms with E-state index in [-0.39, 0.29) is 6.04 Å². The Morgan fingerprint density at radius 3 is 2.55 bits per heavy atom. The molecule has 4 nitrogen and oxygen atoms in total. The third-order valence-electron chi connectivity index (χ3n) is 4.53. The summed E-state index contributed by atoms with van der Waals surface area (Å²) in [5.41, 5.74) is 7.86. The van der Waals surface area contributed by atoms with Gasteiger partial charge in [-0.1, -0.05) is 13.0 Å². The summed E-state index contributed by atoms with van der Waals surface area (Å²) in [6.45, 7) is 8.33. The van der Waals surface area contributed by atoms with Crippen molar-refractivity contribution < 1.29 is 8.42 Å². The SMILES string of the molecule is Cc1ccc(N)c(C)c1S(=O)(=O)N1CCCC(C)C1C. The van der Waals surface area contributed by atoms with Crippen molar-refractivity contribution in [2.45, 2.75) is 51.5 Å². The largest absolute Gasteiger partial charge is 0.398 e. The molecule has 0 saturated carbocycles. The van der Waals surface area contributed by atoms with Crippen LogP contribution in [0.15, 0.2) is 17.0 Å². The summed E-state index contributed by atoms with van der Waals surface area (Å²) < 4.78 is 27.7. The van der Waals surface area contributed by atoms with Crippen LogP contribution in [0.3, 0.4) is 0 Å². The van der Waals surface area contributed by atoms with E-state index in [1.54, 1.807) is 23.4 Å². The Labute approximate surface area is 122 Å². The van der Waals surface area contributed by atoms with Crippen LogP contribution in [0.5, 0.6) is 0 Å². The molecule has 2 atom stereocenters. The first-order valence-electron chi connectivity index (χ1n) is 7.14. The molecule has 0 spiro atoms. The molecule has 0 aliphatic carbocycles. The standard InChI is InChI=1S/C15H24N2O2S/c1-10-6-5-9-17(13(10)4)20(18,19)15-11(2)7-8-14(16)12(15)3/h7-8,10,13H,5-6,9,16H2,1-4H3. The third kappa shape index (κ3) is 2.44. The minimum atomic E-state index is -3.47. The number of nitrogens with two attached hydrogens (primary N) is 1. The van der Waals surface area contributed by atoms with E-state index in [9.17, 15) is 8.42 Å². The summed E-state index contributed by atoms with van der Waals surface area (Å²) in [5, 5.41) is 0. The normalized spacial score (nSPS) is 24.8. The van der Waals surface area contributed by atoms with Crippen molar-refractivity contribution in [3.05, 3.63) is 23.3 Å². The maximum Gasteiger partial charge on any atom is 0.243 e. The molecule has 1 aromatic carbocycles. The average molecular weight is 296 g/mol. The smallest absolute Gasteiger partial charge is 0.243 e. The lowest BCUT2D eigenvalue weighted by molar-refractivity contribution is 0.202. The molecule has 20 heavy (non-hydrogen) atoms. The summed E-state index contributed by atoms with van der Waals surface area (Å²) in [7, 11) is -3.47. The number of hydrogen-bond donors (Lipinski definition) is 1. The van der Waals surface area contributed by atoms with Crippen molar-refractivity contribution in [3.8, 4) is 0 Å². The van der Waals surface area contributed by atoms with Crippen LogP contribution < -0.4 is 5.73 Å². The van der Waals surface area contributed by atoms with Gasteiger partial charge in [-0.2, -0.15) is 4.31 Å². The Hall–Kier alpha value is -1.07. The number of sulfonamides is 1. The topological polar surface area (TPSA) is 63.4 Å². The molecule has 1 saturated heterocycles. The van der Waals surface area contributed by atoms with E-state index in [4.69, 9.17) is 5.73 Å². The van der Waals surface area contributed by atoms with Crippen LogP contribution >= 0.6 is 0 Å². The quantitative estimate of drug-likeness (QED) is 0.853. The molecule has 1 aliphatic heterocycles. The van der Waals surface area contributed by atoms with Crippen molar-refractivity contribution in [2.75, 3.05) is 12.3 Å². The highest BCUT2D eigenvalue weighted by molar-refractivity contribution is 7.89. The van der Waals surface area contributed by atoms with Gasteiger partial charge in [0.05, 0.1) is 4.90 Å². The molecule has 1 aromatic rings. The molecule has 112 valence electrons. The molecule has 2 unspecified atom stereocenters. The third-order valence-corrected chi connectivity index (χ3v) is 6.80. The second-order valence-electron chi connectivity index (χ2n) is 5.90. The lowest BCUT2D eigenvalue weighted by atomic mass is 9.94. The van der Waals surface area contributed by atoms with E-state index in [1.165, 1.54) is 0 Å². The number of anilines is 1. The minimum Gasteiger partial charge on any atom is -0.398 e. The zero-order valence-corrected chi connectivity index (χ0v) is 13.5. The van der Waals surface area contributed by atoms with Crippen LogP contribution in [0.1, 0.15) is 37.8 Å². The molecule has 2 N–H and O–H groups in total. The van der Waals surface area contributed by atoms with Gasteiger partial charge in [-0.25, -0.2) is 8.42 Å². The van der Waals surface area contributed by atoms with Crippen molar-refractivity contribution in [1.29, 1.82) is 0 Å². The molecule has 5 heteroatoms. The van der Waals surface area contributed by atoms with Gasteiger partial charge in [-0.15, -0.1) is 0 Å². The number of benzene rings is 1. The first-order valence-corrected chi connectivity index (χ1v) is 8.58. The second kappa shape index (κ2) is 5.37. The fourth-order valence-corrected chi connectivity index (χ4v) is 5.22. The Bertz CT molecular complexity index is 611.